The average Bonchev–Trinajstić information content (AvgIpc) is 2.98. The maximum atomic E-state index is 12.4. The van der Waals surface area contributed by atoms with Gasteiger partial charge in [-0.3, -0.25) is 24.0 Å². The van der Waals surface area contributed by atoms with Gasteiger partial charge < -0.3 is 33.7 Å². The monoisotopic (exact) mass is 626 g/mol. The number of nitrogens with zero attached hydrogens (tertiary/aromatic N) is 3. The molecule has 2 aromatic rings. The summed E-state index contributed by atoms with van der Waals surface area (Å²) in [5, 5.41) is 6.19. The SMILES string of the molecule is CC(=O)OC[C@H]1O[C@@H](Oc2ccc(-c3ccc(C(=O)NCCCN=[N+]=[N-])cc3)cc2)[C@H](OC(C)=O)[C@@H](OC(C)=O)[C@H]1OC(C)=O. The van der Waals surface area contributed by atoms with Gasteiger partial charge in [-0.2, -0.15) is 0 Å². The van der Waals surface area contributed by atoms with Gasteiger partial charge in [0.1, 0.15) is 18.5 Å². The highest BCUT2D eigenvalue weighted by Crippen LogP contribution is 2.32. The quantitative estimate of drug-likeness (QED) is 0.0854. The summed E-state index contributed by atoms with van der Waals surface area (Å²) in [6.07, 6.45) is -5.97. The molecule has 0 aliphatic carbocycles. The van der Waals surface area contributed by atoms with Crippen LogP contribution in [-0.4, -0.2) is 80.2 Å². The van der Waals surface area contributed by atoms with Crippen LogP contribution in [-0.2, 0) is 42.9 Å². The Morgan fingerprint density at radius 2 is 1.36 bits per heavy atom. The van der Waals surface area contributed by atoms with E-state index in [0.717, 1.165) is 31.9 Å². The number of amides is 1. The normalized spacial score (nSPS) is 20.5. The summed E-state index contributed by atoms with van der Waals surface area (Å²) in [5.41, 5.74) is 10.4. The van der Waals surface area contributed by atoms with Crippen molar-refractivity contribution in [2.24, 2.45) is 5.11 Å². The van der Waals surface area contributed by atoms with Gasteiger partial charge in [0.15, 0.2) is 12.2 Å². The molecule has 2 aromatic carbocycles. The van der Waals surface area contributed by atoms with Gasteiger partial charge in [0.2, 0.25) is 12.4 Å². The van der Waals surface area contributed by atoms with E-state index in [4.69, 9.17) is 34.0 Å². The second-order valence-corrected chi connectivity index (χ2v) is 9.85. The molecule has 1 aliphatic heterocycles. The van der Waals surface area contributed by atoms with Crippen molar-refractivity contribution in [1.82, 2.24) is 5.32 Å². The minimum absolute atomic E-state index is 0.254. The molecule has 5 atom stereocenters. The predicted octanol–water partition coefficient (Wildman–Crippen LogP) is 3.25. The standard InChI is InChI=1S/C30H34N4O11/c1-17(35)40-16-25-26(41-18(2)36)27(42-19(3)37)28(43-20(4)38)30(45-25)44-24-12-10-22(11-13-24)21-6-8-23(9-7-21)29(39)32-14-5-15-33-34-31/h6-13,25-28,30H,5,14-16H2,1-4H3,(H,32,39)/t25-,26+,27+,28-,30-/m1/s1. The summed E-state index contributed by atoms with van der Waals surface area (Å²) in [4.78, 5) is 62.5. The molecule has 0 unspecified atom stereocenters. The first-order chi connectivity index (χ1) is 21.5. The molecular formula is C30H34N4O11. The Labute approximate surface area is 258 Å². The van der Waals surface area contributed by atoms with Gasteiger partial charge in [-0.1, -0.05) is 29.4 Å². The van der Waals surface area contributed by atoms with Crippen molar-refractivity contribution >= 4 is 29.8 Å². The van der Waals surface area contributed by atoms with Gasteiger partial charge in [-0.05, 0) is 47.3 Å². The molecule has 0 radical (unpaired) electrons. The molecule has 0 bridgehead atoms. The van der Waals surface area contributed by atoms with E-state index in [1.807, 2.05) is 0 Å². The highest BCUT2D eigenvalue weighted by Gasteiger charge is 2.53. The molecule has 15 heteroatoms. The van der Waals surface area contributed by atoms with Crippen LogP contribution in [0.25, 0.3) is 21.6 Å². The van der Waals surface area contributed by atoms with E-state index in [9.17, 15) is 24.0 Å². The number of benzene rings is 2. The van der Waals surface area contributed by atoms with Gasteiger partial charge in [0.05, 0.1) is 0 Å². The molecule has 0 saturated carbocycles. The maximum absolute atomic E-state index is 12.4. The average molecular weight is 627 g/mol. The zero-order chi connectivity index (χ0) is 32.9. The second-order valence-electron chi connectivity index (χ2n) is 9.85. The molecule has 45 heavy (non-hydrogen) atoms. The number of nitrogens with one attached hydrogen (secondary N) is 1. The smallest absolute Gasteiger partial charge is 0.303 e. The minimum atomic E-state index is -1.36. The molecule has 1 fully saturated rings. The number of azide groups is 1. The number of rotatable bonds is 13. The number of ether oxygens (including phenoxy) is 6. The van der Waals surface area contributed by atoms with Crippen molar-refractivity contribution in [1.29, 1.82) is 0 Å². The van der Waals surface area contributed by atoms with Crippen molar-refractivity contribution in [3.05, 3.63) is 64.5 Å². The van der Waals surface area contributed by atoms with Crippen LogP contribution in [0.3, 0.4) is 0 Å². The molecule has 15 nitrogen and oxygen atoms in total. The van der Waals surface area contributed by atoms with E-state index in [2.05, 4.69) is 15.3 Å². The number of carbonyl (C=O) groups excluding carboxylic acids is 5. The fourth-order valence-corrected chi connectivity index (χ4v) is 4.46. The van der Waals surface area contributed by atoms with E-state index >= 15 is 0 Å². The van der Waals surface area contributed by atoms with E-state index < -0.39 is 54.6 Å². The Balaban J connectivity index is 1.79. The maximum Gasteiger partial charge on any atom is 0.303 e. The summed E-state index contributed by atoms with van der Waals surface area (Å²) in [6, 6.07) is 13.7. The zero-order valence-corrected chi connectivity index (χ0v) is 25.2. The molecular weight excluding hydrogens is 592 g/mol. The lowest BCUT2D eigenvalue weighted by Crippen LogP contribution is -2.63. The molecule has 1 aliphatic rings. The second kappa shape index (κ2) is 16.6. The molecule has 240 valence electrons. The lowest BCUT2D eigenvalue weighted by atomic mass is 9.98. The van der Waals surface area contributed by atoms with Crippen LogP contribution in [0.15, 0.2) is 53.6 Å². The summed E-state index contributed by atoms with van der Waals surface area (Å²) in [6.45, 7) is 4.89. The Morgan fingerprint density at radius 3 is 1.91 bits per heavy atom. The van der Waals surface area contributed by atoms with E-state index in [0.29, 0.717) is 25.1 Å². The zero-order valence-electron chi connectivity index (χ0n) is 25.2. The van der Waals surface area contributed by atoms with E-state index in [1.54, 1.807) is 48.5 Å². The first-order valence-corrected chi connectivity index (χ1v) is 13.9. The fourth-order valence-electron chi connectivity index (χ4n) is 4.46. The number of carbonyl (C=O) groups is 5. The van der Waals surface area contributed by atoms with Gasteiger partial charge in [0, 0.05) is 51.3 Å². The molecule has 1 heterocycles. The van der Waals surface area contributed by atoms with Crippen LogP contribution in [0.4, 0.5) is 0 Å². The third-order valence-corrected chi connectivity index (χ3v) is 6.32. The predicted molar refractivity (Wildman–Crippen MR) is 155 cm³/mol. The van der Waals surface area contributed by atoms with E-state index in [-0.39, 0.29) is 18.3 Å². The van der Waals surface area contributed by atoms with E-state index in [1.165, 1.54) is 6.92 Å². The largest absolute Gasteiger partial charge is 0.463 e. The van der Waals surface area contributed by atoms with Crippen LogP contribution in [0, 0.1) is 0 Å². The van der Waals surface area contributed by atoms with Gasteiger partial charge >= 0.3 is 23.9 Å². The van der Waals surface area contributed by atoms with Crippen LogP contribution < -0.4 is 10.1 Å². The third-order valence-electron chi connectivity index (χ3n) is 6.32. The van der Waals surface area contributed by atoms with Gasteiger partial charge in [-0.15, -0.1) is 0 Å². The minimum Gasteiger partial charge on any atom is -0.463 e. The fraction of sp³-hybridized carbons (Fsp3) is 0.433. The molecule has 0 spiro atoms. The van der Waals surface area contributed by atoms with Crippen molar-refractivity contribution in [3.8, 4) is 16.9 Å². The molecule has 0 aromatic heterocycles. The van der Waals surface area contributed by atoms with Crippen LogP contribution >= 0.6 is 0 Å². The topological polar surface area (TPSA) is 202 Å². The van der Waals surface area contributed by atoms with Crippen LogP contribution in [0.5, 0.6) is 5.75 Å². The molecule has 1 N–H and O–H groups in total. The summed E-state index contributed by atoms with van der Waals surface area (Å²) in [5.74, 6) is -2.82. The summed E-state index contributed by atoms with van der Waals surface area (Å²) < 4.78 is 33.3. The van der Waals surface area contributed by atoms with Crippen molar-refractivity contribution in [3.63, 3.8) is 0 Å². The highest BCUT2D eigenvalue weighted by molar-refractivity contribution is 5.94. The molecule has 1 amide bonds. The lowest BCUT2D eigenvalue weighted by molar-refractivity contribution is -0.288. The Morgan fingerprint density at radius 1 is 0.800 bits per heavy atom. The van der Waals surface area contributed by atoms with Crippen molar-refractivity contribution in [2.45, 2.75) is 64.8 Å². The first kappa shape index (κ1) is 34.4. The molecule has 3 rings (SSSR count). The van der Waals surface area contributed by atoms with Crippen molar-refractivity contribution < 1.29 is 52.4 Å². The molecule has 1 saturated heterocycles. The van der Waals surface area contributed by atoms with Gasteiger partial charge in [-0.25, -0.2) is 0 Å². The highest BCUT2D eigenvalue weighted by atomic mass is 16.7. The third kappa shape index (κ3) is 10.5. The number of esters is 4. The number of hydrogen-bond acceptors (Lipinski definition) is 12. The first-order valence-electron chi connectivity index (χ1n) is 13.9. The Hall–Kier alpha value is -5.14. The number of hydrogen-bond donors (Lipinski definition) is 1. The van der Waals surface area contributed by atoms with Crippen LogP contribution in [0.2, 0.25) is 0 Å². The van der Waals surface area contributed by atoms with Crippen LogP contribution in [0.1, 0.15) is 44.5 Å². The lowest BCUT2D eigenvalue weighted by Gasteiger charge is -2.43. The van der Waals surface area contributed by atoms with Gasteiger partial charge in [0.25, 0.3) is 5.91 Å². The summed E-state index contributed by atoms with van der Waals surface area (Å²) in [7, 11) is 0. The summed E-state index contributed by atoms with van der Waals surface area (Å²) >= 11 is 0. The Bertz CT molecular complexity index is 1410. The Kier molecular flexibility index (Phi) is 12.7. The van der Waals surface area contributed by atoms with Crippen molar-refractivity contribution in [2.75, 3.05) is 19.7 Å².